The summed E-state index contributed by atoms with van der Waals surface area (Å²) >= 11 is 5.48. The number of hydrogen-bond donors (Lipinski definition) is 1. The first-order chi connectivity index (χ1) is 10.1. The summed E-state index contributed by atoms with van der Waals surface area (Å²) in [5, 5.41) is -0.427. The molecule has 0 unspecified atom stereocenters. The van der Waals surface area contributed by atoms with Crippen molar-refractivity contribution in [1.29, 1.82) is 0 Å². The average molecular weight is 321 g/mol. The predicted octanol–water partition coefficient (Wildman–Crippen LogP) is 3.12. The number of rotatable bonds is 4. The van der Waals surface area contributed by atoms with Crippen molar-refractivity contribution in [3.8, 4) is 0 Å². The van der Waals surface area contributed by atoms with Crippen LogP contribution >= 0.6 is 11.6 Å². The van der Waals surface area contributed by atoms with Crippen LogP contribution < -0.4 is 0 Å². The average Bonchev–Trinajstić information content (AvgIpc) is 2.89. The molecular weight excluding hydrogens is 308 g/mol. The van der Waals surface area contributed by atoms with E-state index in [9.17, 15) is 8.42 Å². The van der Waals surface area contributed by atoms with Crippen molar-refractivity contribution in [3.63, 3.8) is 0 Å². The van der Waals surface area contributed by atoms with Crippen LogP contribution in [0.5, 0.6) is 0 Å². The summed E-state index contributed by atoms with van der Waals surface area (Å²) in [6, 6.07) is 14.8. The first-order valence-electron chi connectivity index (χ1n) is 6.40. The Morgan fingerprint density at radius 3 is 2.57 bits per heavy atom. The van der Waals surface area contributed by atoms with Gasteiger partial charge in [0, 0.05) is 6.42 Å². The number of halogens is 1. The molecule has 0 saturated carbocycles. The van der Waals surface area contributed by atoms with Crippen LogP contribution in [0.15, 0.2) is 53.4 Å². The van der Waals surface area contributed by atoms with Crippen LogP contribution in [0.1, 0.15) is 11.4 Å². The highest BCUT2D eigenvalue weighted by molar-refractivity contribution is 7.92. The number of nitrogens with zero attached hydrogens (tertiary/aromatic N) is 1. The lowest BCUT2D eigenvalue weighted by molar-refractivity contribution is 0.600. The number of sulfone groups is 1. The number of hydrogen-bond acceptors (Lipinski definition) is 3. The smallest absolute Gasteiger partial charge is 0.192 e. The first-order valence-corrected chi connectivity index (χ1v) is 8.58. The maximum absolute atomic E-state index is 11.8. The minimum Gasteiger partial charge on any atom is -0.342 e. The van der Waals surface area contributed by atoms with Gasteiger partial charge in [0.2, 0.25) is 0 Å². The molecule has 0 amide bonds. The van der Waals surface area contributed by atoms with Gasteiger partial charge in [-0.2, -0.15) is 0 Å². The molecule has 21 heavy (non-hydrogen) atoms. The lowest BCUT2D eigenvalue weighted by Gasteiger charge is -1.99. The lowest BCUT2D eigenvalue weighted by atomic mass is 10.1. The second kappa shape index (κ2) is 5.50. The molecule has 0 aliphatic heterocycles. The SMILES string of the molecule is O=S(=O)(CCl)c1ccc2nc(Cc3ccccc3)[nH]c2c1. The molecule has 1 heterocycles. The maximum atomic E-state index is 11.8. The number of imidazole rings is 1. The molecule has 0 radical (unpaired) electrons. The standard InChI is InChI=1S/C15H13ClN2O2S/c16-10-21(19,20)12-6-7-13-14(9-12)18-15(17-13)8-11-4-2-1-3-5-11/h1-7,9H,8,10H2,(H,17,18). The van der Waals surface area contributed by atoms with E-state index in [4.69, 9.17) is 11.6 Å². The molecule has 0 bridgehead atoms. The number of nitrogens with one attached hydrogen (secondary N) is 1. The van der Waals surface area contributed by atoms with Gasteiger partial charge in [-0.3, -0.25) is 0 Å². The molecule has 108 valence electrons. The van der Waals surface area contributed by atoms with Crippen molar-refractivity contribution < 1.29 is 8.42 Å². The van der Waals surface area contributed by atoms with E-state index in [2.05, 4.69) is 9.97 Å². The number of H-pyrrole nitrogens is 1. The molecule has 2 aromatic carbocycles. The maximum Gasteiger partial charge on any atom is 0.192 e. The van der Waals surface area contributed by atoms with Crippen LogP contribution in [-0.4, -0.2) is 23.6 Å². The third-order valence-corrected chi connectivity index (χ3v) is 5.34. The normalized spacial score (nSPS) is 11.9. The molecule has 1 N–H and O–H groups in total. The summed E-state index contributed by atoms with van der Waals surface area (Å²) in [6.07, 6.45) is 0.674. The quantitative estimate of drug-likeness (QED) is 0.751. The fourth-order valence-corrected chi connectivity index (χ4v) is 3.25. The van der Waals surface area contributed by atoms with Gasteiger partial charge >= 0.3 is 0 Å². The fraction of sp³-hybridized carbons (Fsp3) is 0.133. The van der Waals surface area contributed by atoms with Crippen LogP contribution in [0.4, 0.5) is 0 Å². The van der Waals surface area contributed by atoms with Gasteiger partial charge in [-0.05, 0) is 23.8 Å². The Kier molecular flexibility index (Phi) is 3.69. The second-order valence-corrected chi connectivity index (χ2v) is 7.32. The van der Waals surface area contributed by atoms with Gasteiger partial charge < -0.3 is 4.98 Å². The van der Waals surface area contributed by atoms with Crippen LogP contribution in [0.2, 0.25) is 0 Å². The summed E-state index contributed by atoms with van der Waals surface area (Å²) < 4.78 is 23.6. The first kappa shape index (κ1) is 14.1. The van der Waals surface area contributed by atoms with E-state index < -0.39 is 15.0 Å². The van der Waals surface area contributed by atoms with Crippen molar-refractivity contribution in [1.82, 2.24) is 9.97 Å². The van der Waals surface area contributed by atoms with Crippen molar-refractivity contribution in [2.75, 3.05) is 5.21 Å². The molecule has 1 aromatic heterocycles. The number of alkyl halides is 1. The molecule has 6 heteroatoms. The summed E-state index contributed by atoms with van der Waals surface area (Å²) in [7, 11) is -3.42. The van der Waals surface area contributed by atoms with Crippen molar-refractivity contribution >= 4 is 32.5 Å². The largest absolute Gasteiger partial charge is 0.342 e. The van der Waals surface area contributed by atoms with Gasteiger partial charge in [0.1, 0.15) is 11.0 Å². The minimum atomic E-state index is -3.42. The van der Waals surface area contributed by atoms with Crippen LogP contribution in [-0.2, 0) is 16.3 Å². The van der Waals surface area contributed by atoms with Gasteiger partial charge in [0.05, 0.1) is 15.9 Å². The Hall–Kier alpha value is -1.85. The van der Waals surface area contributed by atoms with Gasteiger partial charge in [-0.25, -0.2) is 13.4 Å². The zero-order valence-electron chi connectivity index (χ0n) is 11.1. The van der Waals surface area contributed by atoms with E-state index >= 15 is 0 Å². The molecule has 0 saturated heterocycles. The number of benzene rings is 2. The predicted molar refractivity (Wildman–Crippen MR) is 83.2 cm³/mol. The van der Waals surface area contributed by atoms with Crippen molar-refractivity contribution in [2.45, 2.75) is 11.3 Å². The number of fused-ring (bicyclic) bond motifs is 1. The molecule has 3 rings (SSSR count). The Morgan fingerprint density at radius 2 is 1.86 bits per heavy atom. The topological polar surface area (TPSA) is 62.8 Å². The summed E-state index contributed by atoms with van der Waals surface area (Å²) in [4.78, 5) is 7.84. The Balaban J connectivity index is 1.97. The van der Waals surface area contributed by atoms with Crippen LogP contribution in [0.3, 0.4) is 0 Å². The van der Waals surface area contributed by atoms with Crippen LogP contribution in [0, 0.1) is 0 Å². The number of aromatic amines is 1. The Morgan fingerprint density at radius 1 is 1.10 bits per heavy atom. The molecule has 4 nitrogen and oxygen atoms in total. The van der Waals surface area contributed by atoms with E-state index in [0.717, 1.165) is 16.9 Å². The molecule has 0 aliphatic rings. The third-order valence-electron chi connectivity index (χ3n) is 3.22. The second-order valence-electron chi connectivity index (χ2n) is 4.75. The third kappa shape index (κ3) is 2.94. The lowest BCUT2D eigenvalue weighted by Crippen LogP contribution is -2.01. The molecule has 0 aliphatic carbocycles. The van der Waals surface area contributed by atoms with Gasteiger partial charge in [-0.15, -0.1) is 11.6 Å². The highest BCUT2D eigenvalue weighted by Crippen LogP contribution is 2.20. The van der Waals surface area contributed by atoms with E-state index in [-0.39, 0.29) is 4.90 Å². The fourth-order valence-electron chi connectivity index (χ4n) is 2.17. The summed E-state index contributed by atoms with van der Waals surface area (Å²) in [5.41, 5.74) is 2.59. The van der Waals surface area contributed by atoms with Gasteiger partial charge in [-0.1, -0.05) is 30.3 Å². The highest BCUT2D eigenvalue weighted by Gasteiger charge is 2.14. The van der Waals surface area contributed by atoms with E-state index in [0.29, 0.717) is 11.9 Å². The van der Waals surface area contributed by atoms with Gasteiger partial charge in [0.25, 0.3) is 0 Å². The van der Waals surface area contributed by atoms with Gasteiger partial charge in [0.15, 0.2) is 9.84 Å². The summed E-state index contributed by atoms with van der Waals surface area (Å²) in [6.45, 7) is 0. The zero-order valence-corrected chi connectivity index (χ0v) is 12.7. The monoisotopic (exact) mass is 320 g/mol. The van der Waals surface area contributed by atoms with E-state index in [1.165, 1.54) is 6.07 Å². The molecule has 0 fully saturated rings. The van der Waals surface area contributed by atoms with E-state index in [1.54, 1.807) is 12.1 Å². The highest BCUT2D eigenvalue weighted by atomic mass is 35.5. The Bertz CT molecular complexity index is 873. The Labute approximate surface area is 127 Å². The van der Waals surface area contributed by atoms with Crippen molar-refractivity contribution in [3.05, 3.63) is 59.9 Å². The zero-order chi connectivity index (χ0) is 14.9. The summed E-state index contributed by atoms with van der Waals surface area (Å²) in [5.74, 6) is 0.802. The van der Waals surface area contributed by atoms with E-state index in [1.807, 2.05) is 30.3 Å². The molecular formula is C15H13ClN2O2S. The molecule has 0 atom stereocenters. The molecule has 0 spiro atoms. The minimum absolute atomic E-state index is 0.208. The van der Waals surface area contributed by atoms with Crippen molar-refractivity contribution in [2.24, 2.45) is 0 Å². The molecule has 3 aromatic rings. The number of aromatic nitrogens is 2. The van der Waals surface area contributed by atoms with Crippen LogP contribution in [0.25, 0.3) is 11.0 Å².